The number of rotatable bonds is 13. The van der Waals surface area contributed by atoms with Crippen LogP contribution in [0.5, 0.6) is 0 Å². The van der Waals surface area contributed by atoms with Gasteiger partial charge in [0.25, 0.3) is 5.56 Å². The predicted octanol–water partition coefficient (Wildman–Crippen LogP) is 6.40. The number of aromatic nitrogens is 1. The Kier molecular flexibility index (Phi) is 12.2. The van der Waals surface area contributed by atoms with Crippen molar-refractivity contribution in [3.63, 3.8) is 0 Å². The molecule has 2 heterocycles. The summed E-state index contributed by atoms with van der Waals surface area (Å²) in [6, 6.07) is 25.7. The van der Waals surface area contributed by atoms with Crippen LogP contribution in [0, 0.1) is 0 Å². The summed E-state index contributed by atoms with van der Waals surface area (Å²) in [4.78, 5) is 30.7. The molecule has 3 atom stereocenters. The van der Waals surface area contributed by atoms with Crippen molar-refractivity contribution in [3.05, 3.63) is 129 Å². The zero-order chi connectivity index (χ0) is 33.2. The molecule has 3 unspecified atom stereocenters. The van der Waals surface area contributed by atoms with Crippen LogP contribution in [0.4, 0.5) is 18.9 Å². The van der Waals surface area contributed by atoms with Gasteiger partial charge in [-0.15, -0.1) is 11.8 Å². The van der Waals surface area contributed by atoms with E-state index in [4.69, 9.17) is 16.3 Å². The lowest BCUT2D eigenvalue weighted by molar-refractivity contribution is -0.130. The number of hydrogen-bond acceptors (Lipinski definition) is 6. The fraction of sp³-hybridized carbons (Fsp3) is 0.314. The highest BCUT2D eigenvalue weighted by Crippen LogP contribution is 2.30. The van der Waals surface area contributed by atoms with Crippen molar-refractivity contribution in [1.29, 1.82) is 0 Å². The minimum Gasteiger partial charge on any atom is -0.371 e. The summed E-state index contributed by atoms with van der Waals surface area (Å²) in [6.45, 7) is -0.0469. The molecule has 3 aromatic carbocycles. The number of thioether (sulfide) groups is 1. The van der Waals surface area contributed by atoms with Crippen molar-refractivity contribution in [3.8, 4) is 0 Å². The molecule has 248 valence electrons. The van der Waals surface area contributed by atoms with Crippen molar-refractivity contribution in [2.45, 2.75) is 48.1 Å². The van der Waals surface area contributed by atoms with Crippen molar-refractivity contribution in [2.24, 2.45) is 0 Å². The average molecular weight is 685 g/mol. The largest absolute Gasteiger partial charge is 0.401 e. The fourth-order valence-electron chi connectivity index (χ4n) is 5.63. The maximum absolute atomic E-state index is 13.9. The van der Waals surface area contributed by atoms with Gasteiger partial charge in [-0.25, -0.2) is 0 Å². The van der Waals surface area contributed by atoms with Crippen LogP contribution in [0.3, 0.4) is 0 Å². The van der Waals surface area contributed by atoms with E-state index >= 15 is 0 Å². The number of benzene rings is 3. The molecule has 1 aliphatic rings. The third-order valence-corrected chi connectivity index (χ3v) is 9.26. The van der Waals surface area contributed by atoms with Gasteiger partial charge >= 0.3 is 6.18 Å². The Morgan fingerprint density at radius 1 is 0.936 bits per heavy atom. The first-order chi connectivity index (χ1) is 22.7. The van der Waals surface area contributed by atoms with E-state index in [1.807, 2.05) is 24.3 Å². The lowest BCUT2D eigenvalue weighted by Gasteiger charge is -2.31. The number of amides is 1. The van der Waals surface area contributed by atoms with Crippen LogP contribution in [0.2, 0.25) is 5.02 Å². The second-order valence-corrected chi connectivity index (χ2v) is 12.8. The number of anilines is 1. The van der Waals surface area contributed by atoms with E-state index in [0.717, 1.165) is 10.6 Å². The minimum atomic E-state index is -4.56. The first kappa shape index (κ1) is 34.7. The Labute approximate surface area is 280 Å². The van der Waals surface area contributed by atoms with Crippen LogP contribution in [0.15, 0.2) is 107 Å². The van der Waals surface area contributed by atoms with Gasteiger partial charge in [-0.1, -0.05) is 72.3 Å². The van der Waals surface area contributed by atoms with Crippen molar-refractivity contribution in [2.75, 3.05) is 30.7 Å². The summed E-state index contributed by atoms with van der Waals surface area (Å²) < 4.78 is 46.8. The first-order valence-electron chi connectivity index (χ1n) is 15.3. The number of morpholine rings is 1. The molecule has 12 heteroatoms. The van der Waals surface area contributed by atoms with Gasteiger partial charge in [0.1, 0.15) is 5.69 Å². The number of nitrogens with one attached hydrogen (secondary N) is 4. The number of H-pyrrole nitrogens is 1. The first-order valence-corrected chi connectivity index (χ1v) is 16.7. The molecular weight excluding hydrogens is 649 g/mol. The number of carbonyl (C=O) groups is 1. The standard InChI is InChI=1S/C35H36ClF3N4O3S/c36-26-12-15-29(16-13-26)47-21-28-20-40-19-27(46-28)14-11-25-17-18-41-33(44)31(25)43-34(45)32(42-22-35(37,38)39)30(23-7-3-1-4-8-23)24-9-5-2-6-10-24/h1-10,12-13,15-18,27-28,30,32,40,42H,11,14,19-22H2,(H,41,44)(H,43,45). The van der Waals surface area contributed by atoms with Gasteiger partial charge in [0.2, 0.25) is 5.91 Å². The Bertz CT molecular complexity index is 1600. The highest BCUT2D eigenvalue weighted by atomic mass is 35.5. The smallest absolute Gasteiger partial charge is 0.371 e. The van der Waals surface area contributed by atoms with Gasteiger partial charge in [-0.2, -0.15) is 13.2 Å². The number of ether oxygens (including phenoxy) is 1. The molecule has 4 N–H and O–H groups in total. The maximum Gasteiger partial charge on any atom is 0.401 e. The summed E-state index contributed by atoms with van der Waals surface area (Å²) in [5, 5.41) is 9.23. The normalized spacial score (nSPS) is 17.4. The van der Waals surface area contributed by atoms with Crippen LogP contribution in [-0.4, -0.2) is 60.7 Å². The maximum atomic E-state index is 13.9. The summed E-state index contributed by atoms with van der Waals surface area (Å²) in [5.41, 5.74) is 1.34. The average Bonchev–Trinajstić information content (AvgIpc) is 3.07. The lowest BCUT2D eigenvalue weighted by atomic mass is 9.84. The van der Waals surface area contributed by atoms with Crippen LogP contribution in [0.25, 0.3) is 0 Å². The molecule has 0 spiro atoms. The molecule has 1 aromatic heterocycles. The van der Waals surface area contributed by atoms with Crippen LogP contribution in [0.1, 0.15) is 29.0 Å². The van der Waals surface area contributed by atoms with E-state index in [1.165, 1.54) is 6.20 Å². The number of alkyl halides is 3. The third kappa shape index (κ3) is 10.2. The van der Waals surface area contributed by atoms with Crippen LogP contribution >= 0.6 is 23.4 Å². The molecular formula is C35H36ClF3N4O3S. The molecule has 4 aromatic rings. The second kappa shape index (κ2) is 16.5. The van der Waals surface area contributed by atoms with Crippen LogP contribution < -0.4 is 21.5 Å². The van der Waals surface area contributed by atoms with E-state index in [-0.39, 0.29) is 17.9 Å². The molecule has 1 amide bonds. The molecule has 47 heavy (non-hydrogen) atoms. The highest BCUT2D eigenvalue weighted by molar-refractivity contribution is 7.99. The highest BCUT2D eigenvalue weighted by Gasteiger charge is 2.36. The quantitative estimate of drug-likeness (QED) is 0.122. The zero-order valence-corrected chi connectivity index (χ0v) is 27.0. The topological polar surface area (TPSA) is 95.2 Å². The SMILES string of the molecule is O=C(Nc1c(CCC2CNCC(CSc3ccc(Cl)cc3)O2)cc[nH]c1=O)C(NCC(F)(F)F)C(c1ccccc1)c1ccccc1. The Morgan fingerprint density at radius 3 is 2.21 bits per heavy atom. The molecule has 5 rings (SSSR count). The van der Waals surface area contributed by atoms with Gasteiger partial charge < -0.3 is 20.4 Å². The number of hydrogen-bond donors (Lipinski definition) is 4. The molecule has 0 radical (unpaired) electrons. The molecule has 1 aliphatic heterocycles. The van der Waals surface area contributed by atoms with Gasteiger partial charge in [0.15, 0.2) is 0 Å². The minimum absolute atomic E-state index is 0.00907. The van der Waals surface area contributed by atoms with Gasteiger partial charge in [0.05, 0.1) is 24.8 Å². The number of halogens is 4. The lowest BCUT2D eigenvalue weighted by Crippen LogP contribution is -2.49. The van der Waals surface area contributed by atoms with Gasteiger partial charge in [0, 0.05) is 40.9 Å². The van der Waals surface area contributed by atoms with Crippen molar-refractivity contribution < 1.29 is 22.7 Å². The van der Waals surface area contributed by atoms with Crippen molar-refractivity contribution in [1.82, 2.24) is 15.6 Å². The Hall–Kier alpha value is -3.61. The predicted molar refractivity (Wildman–Crippen MR) is 180 cm³/mol. The van der Waals surface area contributed by atoms with Gasteiger partial charge in [-0.05, 0) is 59.9 Å². The Balaban J connectivity index is 1.31. The van der Waals surface area contributed by atoms with Crippen molar-refractivity contribution >= 4 is 35.0 Å². The molecule has 7 nitrogen and oxygen atoms in total. The Morgan fingerprint density at radius 2 is 1.57 bits per heavy atom. The van der Waals surface area contributed by atoms with E-state index in [2.05, 4.69) is 20.9 Å². The van der Waals surface area contributed by atoms with E-state index in [1.54, 1.807) is 78.5 Å². The fourth-order valence-corrected chi connectivity index (χ4v) is 6.66. The monoisotopic (exact) mass is 684 g/mol. The summed E-state index contributed by atoms with van der Waals surface area (Å²) in [7, 11) is 0. The van der Waals surface area contributed by atoms with E-state index < -0.39 is 36.1 Å². The third-order valence-electron chi connectivity index (χ3n) is 7.87. The number of aromatic amines is 1. The molecule has 1 saturated heterocycles. The number of aryl methyl sites for hydroxylation is 1. The summed E-state index contributed by atoms with van der Waals surface area (Å²) >= 11 is 7.67. The number of carbonyl (C=O) groups excluding carboxylic acids is 1. The molecule has 0 bridgehead atoms. The summed E-state index contributed by atoms with van der Waals surface area (Å²) in [6.07, 6.45) is -2.26. The van der Waals surface area contributed by atoms with Crippen LogP contribution in [-0.2, 0) is 16.0 Å². The van der Waals surface area contributed by atoms with Gasteiger partial charge in [-0.3, -0.25) is 14.9 Å². The van der Waals surface area contributed by atoms with E-state index in [0.29, 0.717) is 47.6 Å². The molecule has 1 fully saturated rings. The summed E-state index contributed by atoms with van der Waals surface area (Å²) in [5.74, 6) is -0.775. The van der Waals surface area contributed by atoms with E-state index in [9.17, 15) is 22.8 Å². The zero-order valence-electron chi connectivity index (χ0n) is 25.4. The molecule has 0 saturated carbocycles. The molecule has 0 aliphatic carbocycles. The number of pyridine rings is 1. The second-order valence-electron chi connectivity index (χ2n) is 11.3.